The molecule has 19 heavy (non-hydrogen) atoms. The fraction of sp³-hybridized carbons (Fsp3) is 0.600. The van der Waals surface area contributed by atoms with Crippen molar-refractivity contribution in [3.63, 3.8) is 0 Å². The van der Waals surface area contributed by atoms with E-state index in [9.17, 15) is 9.50 Å². The minimum Gasteiger partial charge on any atom is -0.396 e. The molecule has 4 heteroatoms. The number of aliphatic hydroxyl groups is 1. The molecule has 1 aromatic rings. The molecule has 106 valence electrons. The van der Waals surface area contributed by atoms with Gasteiger partial charge in [0, 0.05) is 37.3 Å². The van der Waals surface area contributed by atoms with Crippen molar-refractivity contribution in [3.8, 4) is 0 Å². The highest BCUT2D eigenvalue weighted by Crippen LogP contribution is 2.26. The van der Waals surface area contributed by atoms with E-state index in [4.69, 9.17) is 0 Å². The number of benzene rings is 1. The van der Waals surface area contributed by atoms with Crippen LogP contribution in [0.1, 0.15) is 26.7 Å². The molecule has 1 heterocycles. The molecule has 2 N–H and O–H groups in total. The predicted octanol–water partition coefficient (Wildman–Crippen LogP) is 2.86. The predicted molar refractivity (Wildman–Crippen MR) is 77.2 cm³/mol. The van der Waals surface area contributed by atoms with Crippen LogP contribution in [0.5, 0.6) is 0 Å². The van der Waals surface area contributed by atoms with Gasteiger partial charge in [-0.05, 0) is 31.0 Å². The maximum absolute atomic E-state index is 14.1. The first-order valence-electron chi connectivity index (χ1n) is 6.91. The number of nitrogens with one attached hydrogen (secondary N) is 1. The summed E-state index contributed by atoms with van der Waals surface area (Å²) in [6.07, 6.45) is 2.29. The minimum absolute atomic E-state index is 0.105. The third-order valence-corrected chi connectivity index (χ3v) is 3.59. The number of nitrogens with zero attached hydrogens (tertiary/aromatic N) is 1. The van der Waals surface area contributed by atoms with Gasteiger partial charge in [0.15, 0.2) is 0 Å². The van der Waals surface area contributed by atoms with Crippen molar-refractivity contribution in [1.29, 1.82) is 0 Å². The zero-order valence-electron chi connectivity index (χ0n) is 11.7. The molecule has 0 aromatic heterocycles. The molecule has 1 saturated heterocycles. The molecule has 1 aliphatic rings. The Bertz CT molecular complexity index is 428. The van der Waals surface area contributed by atoms with Crippen LogP contribution in [0.25, 0.3) is 0 Å². The molecule has 3 nitrogen and oxygen atoms in total. The molecular weight excluding hydrogens is 243 g/mol. The highest BCUT2D eigenvalue weighted by atomic mass is 19.1. The number of hydrogen-bond acceptors (Lipinski definition) is 3. The van der Waals surface area contributed by atoms with Gasteiger partial charge in [0.25, 0.3) is 0 Å². The van der Waals surface area contributed by atoms with Crippen LogP contribution in [0, 0.1) is 11.2 Å². The fourth-order valence-electron chi connectivity index (χ4n) is 2.23. The Labute approximate surface area is 114 Å². The van der Waals surface area contributed by atoms with Gasteiger partial charge < -0.3 is 15.3 Å². The third-order valence-electron chi connectivity index (χ3n) is 3.59. The topological polar surface area (TPSA) is 35.5 Å². The van der Waals surface area contributed by atoms with Crippen LogP contribution < -0.4 is 10.2 Å². The average Bonchev–Trinajstić information content (AvgIpc) is 2.90. The summed E-state index contributed by atoms with van der Waals surface area (Å²) in [5, 5.41) is 12.4. The van der Waals surface area contributed by atoms with Crippen molar-refractivity contribution in [2.24, 2.45) is 5.41 Å². The van der Waals surface area contributed by atoms with Crippen molar-refractivity contribution in [2.75, 3.05) is 36.5 Å². The first-order valence-corrected chi connectivity index (χ1v) is 6.91. The van der Waals surface area contributed by atoms with E-state index in [1.165, 1.54) is 0 Å². The van der Waals surface area contributed by atoms with Gasteiger partial charge in [-0.2, -0.15) is 0 Å². The second kappa shape index (κ2) is 5.78. The number of hydrogen-bond donors (Lipinski definition) is 2. The Morgan fingerprint density at radius 1 is 1.32 bits per heavy atom. The lowest BCUT2D eigenvalue weighted by molar-refractivity contribution is 0.171. The summed E-state index contributed by atoms with van der Waals surface area (Å²) in [5.74, 6) is -0.172. The molecule has 0 amide bonds. The maximum atomic E-state index is 14.1. The van der Waals surface area contributed by atoms with Gasteiger partial charge >= 0.3 is 0 Å². The molecule has 0 spiro atoms. The Morgan fingerprint density at radius 2 is 2.00 bits per heavy atom. The van der Waals surface area contributed by atoms with Crippen LogP contribution >= 0.6 is 0 Å². The minimum atomic E-state index is -0.204. The fourth-order valence-corrected chi connectivity index (χ4v) is 2.23. The lowest BCUT2D eigenvalue weighted by Crippen LogP contribution is -2.26. The molecule has 1 aromatic carbocycles. The molecule has 0 aliphatic carbocycles. The zero-order valence-corrected chi connectivity index (χ0v) is 11.7. The van der Waals surface area contributed by atoms with Crippen molar-refractivity contribution in [2.45, 2.75) is 26.7 Å². The van der Waals surface area contributed by atoms with E-state index in [-0.39, 0.29) is 17.8 Å². The summed E-state index contributed by atoms with van der Waals surface area (Å²) in [5.41, 5.74) is 1.26. The van der Waals surface area contributed by atoms with E-state index < -0.39 is 0 Å². The maximum Gasteiger partial charge on any atom is 0.148 e. The summed E-state index contributed by atoms with van der Waals surface area (Å²) < 4.78 is 14.1. The van der Waals surface area contributed by atoms with Gasteiger partial charge in [-0.25, -0.2) is 4.39 Å². The summed E-state index contributed by atoms with van der Waals surface area (Å²) in [4.78, 5) is 2.09. The second-order valence-corrected chi connectivity index (χ2v) is 6.04. The third kappa shape index (κ3) is 3.60. The van der Waals surface area contributed by atoms with E-state index in [0.29, 0.717) is 12.2 Å². The van der Waals surface area contributed by atoms with Crippen LogP contribution in [0.4, 0.5) is 15.8 Å². The Hall–Kier alpha value is -1.29. The Morgan fingerprint density at radius 3 is 2.58 bits per heavy atom. The second-order valence-electron chi connectivity index (χ2n) is 6.04. The summed E-state index contributed by atoms with van der Waals surface area (Å²) in [7, 11) is 0. The van der Waals surface area contributed by atoms with Crippen LogP contribution in [0.3, 0.4) is 0 Å². The molecule has 1 aliphatic heterocycles. The number of halogens is 1. The van der Waals surface area contributed by atoms with Crippen molar-refractivity contribution in [1.82, 2.24) is 0 Å². The van der Waals surface area contributed by atoms with Crippen molar-refractivity contribution < 1.29 is 9.50 Å². The monoisotopic (exact) mass is 266 g/mol. The average molecular weight is 266 g/mol. The molecule has 1 fully saturated rings. The zero-order chi connectivity index (χ0) is 13.9. The van der Waals surface area contributed by atoms with Gasteiger partial charge in [-0.3, -0.25) is 0 Å². The lowest BCUT2D eigenvalue weighted by Gasteiger charge is -2.23. The van der Waals surface area contributed by atoms with Crippen LogP contribution in [0.2, 0.25) is 0 Å². The van der Waals surface area contributed by atoms with E-state index in [1.807, 2.05) is 26.0 Å². The Kier molecular flexibility index (Phi) is 4.30. The highest BCUT2D eigenvalue weighted by Gasteiger charge is 2.18. The number of aliphatic hydroxyl groups excluding tert-OH is 1. The molecule has 0 saturated carbocycles. The van der Waals surface area contributed by atoms with Crippen LogP contribution in [-0.2, 0) is 0 Å². The van der Waals surface area contributed by atoms with Crippen LogP contribution in [0.15, 0.2) is 18.2 Å². The first-order chi connectivity index (χ1) is 9.02. The van der Waals surface area contributed by atoms with Gasteiger partial charge in [0.2, 0.25) is 0 Å². The first kappa shape index (κ1) is 14.1. The molecule has 0 bridgehead atoms. The van der Waals surface area contributed by atoms with Crippen molar-refractivity contribution >= 4 is 11.4 Å². The summed E-state index contributed by atoms with van der Waals surface area (Å²) >= 11 is 0. The van der Waals surface area contributed by atoms with Crippen molar-refractivity contribution in [3.05, 3.63) is 24.0 Å². The summed E-state index contributed by atoms with van der Waals surface area (Å²) in [6.45, 7) is 6.55. The van der Waals surface area contributed by atoms with Crippen LogP contribution in [-0.4, -0.2) is 31.3 Å². The van der Waals surface area contributed by atoms with Gasteiger partial charge in [0.05, 0.1) is 5.69 Å². The molecule has 2 rings (SSSR count). The van der Waals surface area contributed by atoms with E-state index in [0.717, 1.165) is 31.6 Å². The quantitative estimate of drug-likeness (QED) is 0.860. The van der Waals surface area contributed by atoms with Gasteiger partial charge in [-0.1, -0.05) is 13.8 Å². The standard InChI is InChI=1S/C15H23FN2O/c1-15(2,11-19)10-17-12-5-6-14(13(16)9-12)18-7-3-4-8-18/h5-6,9,17,19H,3-4,7-8,10-11H2,1-2H3. The van der Waals surface area contributed by atoms with E-state index >= 15 is 0 Å². The normalized spacial score (nSPS) is 15.9. The number of rotatable bonds is 5. The molecule has 0 atom stereocenters. The number of anilines is 2. The van der Waals surface area contributed by atoms with Gasteiger partial charge in [-0.15, -0.1) is 0 Å². The summed E-state index contributed by atoms with van der Waals surface area (Å²) in [6, 6.07) is 5.29. The molecule has 0 unspecified atom stereocenters. The Balaban J connectivity index is 2.02. The smallest absolute Gasteiger partial charge is 0.148 e. The lowest BCUT2D eigenvalue weighted by atomic mass is 9.95. The van der Waals surface area contributed by atoms with E-state index in [2.05, 4.69) is 10.2 Å². The van der Waals surface area contributed by atoms with E-state index in [1.54, 1.807) is 6.07 Å². The SMILES string of the molecule is CC(C)(CO)CNc1ccc(N2CCCC2)c(F)c1. The largest absolute Gasteiger partial charge is 0.396 e. The highest BCUT2D eigenvalue weighted by molar-refractivity contribution is 5.56. The van der Waals surface area contributed by atoms with Gasteiger partial charge in [0.1, 0.15) is 5.82 Å². The molecular formula is C15H23FN2O. The molecule has 0 radical (unpaired) electrons.